The molecule has 0 saturated carbocycles. The highest BCUT2D eigenvalue weighted by Crippen LogP contribution is 2.28. The number of ketones is 1. The zero-order chi connectivity index (χ0) is 19.3. The summed E-state index contributed by atoms with van der Waals surface area (Å²) in [5.74, 6) is 0.0795. The molecule has 0 spiro atoms. The van der Waals surface area contributed by atoms with E-state index in [4.69, 9.17) is 5.73 Å². The number of carbonyl (C=O) groups is 1. The molecule has 0 unspecified atom stereocenters. The third-order valence-corrected chi connectivity index (χ3v) is 5.90. The van der Waals surface area contributed by atoms with Crippen LogP contribution < -0.4 is 21.3 Å². The fourth-order valence-electron chi connectivity index (χ4n) is 3.34. The van der Waals surface area contributed by atoms with E-state index in [9.17, 15) is 4.79 Å². The van der Waals surface area contributed by atoms with Crippen LogP contribution in [0, 0.1) is 0 Å². The summed E-state index contributed by atoms with van der Waals surface area (Å²) in [7, 11) is 0. The Hall–Kier alpha value is -2.83. The maximum atomic E-state index is 12.7. The number of nitrogen functional groups attached to an aromatic ring is 1. The van der Waals surface area contributed by atoms with E-state index in [1.807, 2.05) is 42.5 Å². The monoisotopic (exact) mass is 392 g/mol. The zero-order valence-corrected chi connectivity index (χ0v) is 16.5. The van der Waals surface area contributed by atoms with Crippen molar-refractivity contribution in [1.82, 2.24) is 5.32 Å². The van der Waals surface area contributed by atoms with Crippen molar-refractivity contribution in [2.75, 3.05) is 48.7 Å². The first-order chi connectivity index (χ1) is 13.7. The number of thiophene rings is 1. The Balaban J connectivity index is 1.43. The third-order valence-electron chi connectivity index (χ3n) is 4.94. The summed E-state index contributed by atoms with van der Waals surface area (Å²) in [5.41, 5.74) is 10.9. The highest BCUT2D eigenvalue weighted by molar-refractivity contribution is 7.12. The first kappa shape index (κ1) is 18.5. The highest BCUT2D eigenvalue weighted by Gasteiger charge is 2.15. The second-order valence-electron chi connectivity index (χ2n) is 6.85. The maximum absolute atomic E-state index is 12.7. The lowest BCUT2D eigenvalue weighted by atomic mass is 10.0. The van der Waals surface area contributed by atoms with Crippen LogP contribution >= 0.6 is 11.3 Å². The molecule has 1 fully saturated rings. The summed E-state index contributed by atoms with van der Waals surface area (Å²) in [6.45, 7) is 4.15. The molecule has 0 bridgehead atoms. The van der Waals surface area contributed by atoms with E-state index in [-0.39, 0.29) is 12.3 Å². The average molecular weight is 393 g/mol. The quantitative estimate of drug-likeness (QED) is 0.441. The van der Waals surface area contributed by atoms with Crippen LogP contribution in [0.4, 0.5) is 17.1 Å². The Kier molecular flexibility index (Phi) is 5.60. The molecule has 0 amide bonds. The molecule has 4 N–H and O–H groups in total. The van der Waals surface area contributed by atoms with Crippen molar-refractivity contribution in [1.29, 1.82) is 0 Å². The van der Waals surface area contributed by atoms with Crippen LogP contribution in [0.25, 0.3) is 11.1 Å². The first-order valence-electron chi connectivity index (χ1n) is 9.47. The van der Waals surface area contributed by atoms with Crippen molar-refractivity contribution in [2.24, 2.45) is 0 Å². The number of nitrogens with two attached hydrogens (primary N) is 1. The van der Waals surface area contributed by atoms with Crippen LogP contribution in [0.15, 0.2) is 60.0 Å². The van der Waals surface area contributed by atoms with Gasteiger partial charge in [-0.25, -0.2) is 0 Å². The van der Waals surface area contributed by atoms with E-state index < -0.39 is 0 Å². The second-order valence-corrected chi connectivity index (χ2v) is 7.76. The molecule has 1 aliphatic heterocycles. The number of carbonyl (C=O) groups excluding carboxylic acids is 1. The number of rotatable bonds is 6. The van der Waals surface area contributed by atoms with Gasteiger partial charge in [-0.05, 0) is 29.3 Å². The Labute approximate surface area is 169 Å². The number of benzene rings is 2. The summed E-state index contributed by atoms with van der Waals surface area (Å²) in [6.07, 6.45) is 0. The van der Waals surface area contributed by atoms with Gasteiger partial charge in [0, 0.05) is 37.2 Å². The van der Waals surface area contributed by atoms with Crippen LogP contribution in [0.1, 0.15) is 9.67 Å². The van der Waals surface area contributed by atoms with Crippen LogP contribution in [-0.2, 0) is 0 Å². The Morgan fingerprint density at radius 1 is 1.07 bits per heavy atom. The van der Waals surface area contributed by atoms with Crippen LogP contribution in [0.2, 0.25) is 0 Å². The Bertz CT molecular complexity index is 948. The predicted octanol–water partition coefficient (Wildman–Crippen LogP) is 3.70. The van der Waals surface area contributed by atoms with Gasteiger partial charge in [-0.1, -0.05) is 36.4 Å². The summed E-state index contributed by atoms with van der Waals surface area (Å²) < 4.78 is 0. The van der Waals surface area contributed by atoms with Gasteiger partial charge >= 0.3 is 0 Å². The van der Waals surface area contributed by atoms with Gasteiger partial charge in [-0.15, -0.1) is 11.3 Å². The molecule has 5 nitrogen and oxygen atoms in total. The molecule has 6 heteroatoms. The molecule has 1 aliphatic rings. The van der Waals surface area contributed by atoms with E-state index in [2.05, 4.69) is 33.0 Å². The molecule has 1 aromatic heterocycles. The minimum absolute atomic E-state index is 0.0795. The van der Waals surface area contributed by atoms with Crippen LogP contribution in [0.5, 0.6) is 0 Å². The molecular weight excluding hydrogens is 368 g/mol. The molecule has 1 saturated heterocycles. The fraction of sp³-hybridized carbons (Fsp3) is 0.227. The molecule has 3 aromatic rings. The largest absolute Gasteiger partial charge is 0.397 e. The first-order valence-corrected chi connectivity index (χ1v) is 10.3. The summed E-state index contributed by atoms with van der Waals surface area (Å²) in [4.78, 5) is 15.8. The van der Waals surface area contributed by atoms with Gasteiger partial charge in [0.2, 0.25) is 0 Å². The second kappa shape index (κ2) is 8.46. The van der Waals surface area contributed by atoms with Crippen molar-refractivity contribution in [3.63, 3.8) is 0 Å². The lowest BCUT2D eigenvalue weighted by Crippen LogP contribution is -2.43. The number of hydrogen-bond acceptors (Lipinski definition) is 6. The summed E-state index contributed by atoms with van der Waals surface area (Å²) >= 11 is 1.51. The number of piperazine rings is 1. The minimum Gasteiger partial charge on any atom is -0.397 e. The van der Waals surface area contributed by atoms with Crippen molar-refractivity contribution in [2.45, 2.75) is 0 Å². The zero-order valence-electron chi connectivity index (χ0n) is 15.7. The molecule has 0 atom stereocenters. The normalized spacial score (nSPS) is 14.1. The number of nitrogens with one attached hydrogen (secondary N) is 2. The van der Waals surface area contributed by atoms with Crippen molar-refractivity contribution in [3.05, 3.63) is 64.9 Å². The van der Waals surface area contributed by atoms with Crippen molar-refractivity contribution in [3.8, 4) is 11.1 Å². The number of Topliss-reactive ketones (excluding diaryl/α,β-unsaturated/α-hetero) is 1. The summed E-state index contributed by atoms with van der Waals surface area (Å²) in [6, 6.07) is 18.0. The number of nitrogens with zero attached hydrogens (tertiary/aromatic N) is 1. The van der Waals surface area contributed by atoms with Gasteiger partial charge < -0.3 is 21.3 Å². The van der Waals surface area contributed by atoms with Gasteiger partial charge in [0.25, 0.3) is 0 Å². The standard InChI is InChI=1S/C22H24N4OS/c23-19-7-6-17(16-4-2-1-3-5-16)12-20(19)25-14-21(27)22-13-18(15-28-22)26-10-8-24-9-11-26/h1-7,12-13,15,24-25H,8-11,14,23H2. The summed E-state index contributed by atoms with van der Waals surface area (Å²) in [5, 5.41) is 8.64. The number of hydrogen-bond donors (Lipinski definition) is 3. The van der Waals surface area contributed by atoms with Gasteiger partial charge in [0.05, 0.1) is 22.8 Å². The average Bonchev–Trinajstić information content (AvgIpc) is 3.25. The lowest BCUT2D eigenvalue weighted by molar-refractivity contribution is 0.101. The molecule has 0 radical (unpaired) electrons. The fourth-order valence-corrected chi connectivity index (χ4v) is 4.20. The van der Waals surface area contributed by atoms with E-state index in [1.165, 1.54) is 11.3 Å². The smallest absolute Gasteiger partial charge is 0.191 e. The van der Waals surface area contributed by atoms with Crippen LogP contribution in [-0.4, -0.2) is 38.5 Å². The van der Waals surface area contributed by atoms with Gasteiger partial charge in [-0.2, -0.15) is 0 Å². The molecule has 2 aromatic carbocycles. The van der Waals surface area contributed by atoms with Gasteiger partial charge in [-0.3, -0.25) is 4.79 Å². The SMILES string of the molecule is Nc1ccc(-c2ccccc2)cc1NCC(=O)c1cc(N2CCNCC2)cs1. The molecule has 144 valence electrons. The molecule has 4 rings (SSSR count). The molecular formula is C22H24N4OS. The van der Waals surface area contributed by atoms with Crippen molar-refractivity contribution < 1.29 is 4.79 Å². The van der Waals surface area contributed by atoms with Gasteiger partial charge in [0.15, 0.2) is 5.78 Å². The minimum atomic E-state index is 0.0795. The third kappa shape index (κ3) is 4.18. The lowest BCUT2D eigenvalue weighted by Gasteiger charge is -2.28. The van der Waals surface area contributed by atoms with Crippen LogP contribution in [0.3, 0.4) is 0 Å². The number of anilines is 3. The highest BCUT2D eigenvalue weighted by atomic mass is 32.1. The predicted molar refractivity (Wildman–Crippen MR) is 119 cm³/mol. The molecule has 0 aliphatic carbocycles. The Morgan fingerprint density at radius 2 is 1.86 bits per heavy atom. The van der Waals surface area contributed by atoms with E-state index in [1.54, 1.807) is 0 Å². The molecule has 28 heavy (non-hydrogen) atoms. The van der Waals surface area contributed by atoms with Gasteiger partial charge in [0.1, 0.15) is 0 Å². The van der Waals surface area contributed by atoms with Crippen molar-refractivity contribution >= 4 is 34.2 Å². The van der Waals surface area contributed by atoms with E-state index in [0.717, 1.165) is 53.6 Å². The van der Waals surface area contributed by atoms with E-state index in [0.29, 0.717) is 5.69 Å². The Morgan fingerprint density at radius 3 is 2.64 bits per heavy atom. The maximum Gasteiger partial charge on any atom is 0.191 e. The topological polar surface area (TPSA) is 70.4 Å². The van der Waals surface area contributed by atoms with E-state index >= 15 is 0 Å². The molecule has 2 heterocycles.